The number of nitrogens with one attached hydrogen (secondary N) is 2. The van der Waals surface area contributed by atoms with Gasteiger partial charge in [-0.1, -0.05) is 67.8 Å². The molecule has 0 bridgehead atoms. The van der Waals surface area contributed by atoms with Gasteiger partial charge in [0.25, 0.3) is 5.91 Å². The fourth-order valence-corrected chi connectivity index (χ4v) is 5.87. The van der Waals surface area contributed by atoms with Crippen molar-refractivity contribution in [3.05, 3.63) is 65.7 Å². The third-order valence-corrected chi connectivity index (χ3v) is 7.92. The van der Waals surface area contributed by atoms with Crippen molar-refractivity contribution in [2.75, 3.05) is 26.2 Å². The summed E-state index contributed by atoms with van der Waals surface area (Å²) >= 11 is 0. The SMILES string of the molecule is CC(C)(NC(=O)c1c(CN2CCNCC2)c(-c2ccccc2)nc2ccccc12)C1CCCCC1. The Labute approximate surface area is 209 Å². The molecule has 2 aliphatic rings. The largest absolute Gasteiger partial charge is 0.347 e. The average molecular weight is 471 g/mol. The van der Waals surface area contributed by atoms with Crippen LogP contribution in [0.3, 0.4) is 0 Å². The first-order valence-corrected chi connectivity index (χ1v) is 13.3. The lowest BCUT2D eigenvalue weighted by atomic mass is 9.76. The first-order chi connectivity index (χ1) is 17.0. The number of rotatable bonds is 6. The van der Waals surface area contributed by atoms with Crippen molar-refractivity contribution in [1.82, 2.24) is 20.5 Å². The molecule has 1 amide bonds. The highest BCUT2D eigenvalue weighted by Crippen LogP contribution is 2.35. The second-order valence-electron chi connectivity index (χ2n) is 10.7. The van der Waals surface area contributed by atoms with Gasteiger partial charge < -0.3 is 10.6 Å². The number of carbonyl (C=O) groups excluding carboxylic acids is 1. The predicted molar refractivity (Wildman–Crippen MR) is 143 cm³/mol. The van der Waals surface area contributed by atoms with Gasteiger partial charge in [0.05, 0.1) is 16.8 Å². The highest BCUT2D eigenvalue weighted by molar-refractivity contribution is 6.09. The Morgan fingerprint density at radius 2 is 1.69 bits per heavy atom. The molecule has 5 rings (SSSR count). The Morgan fingerprint density at radius 1 is 1.00 bits per heavy atom. The number of para-hydroxylation sites is 1. The van der Waals surface area contributed by atoms with Crippen LogP contribution < -0.4 is 10.6 Å². The molecule has 2 aromatic carbocycles. The summed E-state index contributed by atoms with van der Waals surface area (Å²) in [6, 6.07) is 18.4. The Bertz CT molecular complexity index is 1160. The quantitative estimate of drug-likeness (QED) is 0.507. The third kappa shape index (κ3) is 5.26. The second-order valence-corrected chi connectivity index (χ2v) is 10.7. The van der Waals surface area contributed by atoms with E-state index in [4.69, 9.17) is 4.98 Å². The molecule has 5 heteroatoms. The zero-order valence-corrected chi connectivity index (χ0v) is 21.1. The summed E-state index contributed by atoms with van der Waals surface area (Å²) in [5, 5.41) is 7.88. The number of nitrogens with zero attached hydrogens (tertiary/aromatic N) is 2. The van der Waals surface area contributed by atoms with Crippen LogP contribution in [0.2, 0.25) is 0 Å². The summed E-state index contributed by atoms with van der Waals surface area (Å²) in [7, 11) is 0. The molecule has 5 nitrogen and oxygen atoms in total. The summed E-state index contributed by atoms with van der Waals surface area (Å²) in [5.41, 5.74) is 4.43. The number of benzene rings is 2. The number of fused-ring (bicyclic) bond motifs is 1. The van der Waals surface area contributed by atoms with Gasteiger partial charge in [-0.2, -0.15) is 0 Å². The van der Waals surface area contributed by atoms with Crippen LogP contribution in [0.15, 0.2) is 54.6 Å². The highest BCUT2D eigenvalue weighted by atomic mass is 16.1. The van der Waals surface area contributed by atoms with Crippen LogP contribution in [0.4, 0.5) is 0 Å². The van der Waals surface area contributed by atoms with Gasteiger partial charge in [0, 0.05) is 54.8 Å². The minimum Gasteiger partial charge on any atom is -0.347 e. The Balaban J connectivity index is 1.62. The first-order valence-electron chi connectivity index (χ1n) is 13.3. The Morgan fingerprint density at radius 3 is 2.43 bits per heavy atom. The smallest absolute Gasteiger partial charge is 0.252 e. The van der Waals surface area contributed by atoms with E-state index in [-0.39, 0.29) is 11.4 Å². The van der Waals surface area contributed by atoms with Crippen molar-refractivity contribution < 1.29 is 4.79 Å². The summed E-state index contributed by atoms with van der Waals surface area (Å²) in [6.45, 7) is 9.01. The molecule has 2 heterocycles. The molecule has 1 saturated heterocycles. The predicted octanol–water partition coefficient (Wildman–Crippen LogP) is 5.40. The Kier molecular flexibility index (Phi) is 7.17. The summed E-state index contributed by atoms with van der Waals surface area (Å²) < 4.78 is 0. The lowest BCUT2D eigenvalue weighted by molar-refractivity contribution is 0.0858. The van der Waals surface area contributed by atoms with Crippen molar-refractivity contribution in [2.24, 2.45) is 5.92 Å². The lowest BCUT2D eigenvalue weighted by Crippen LogP contribution is -2.50. The van der Waals surface area contributed by atoms with Gasteiger partial charge in [-0.15, -0.1) is 0 Å². The van der Waals surface area contributed by atoms with Crippen LogP contribution in [-0.2, 0) is 6.54 Å². The monoisotopic (exact) mass is 470 g/mol. The normalized spacial score (nSPS) is 18.0. The van der Waals surface area contributed by atoms with E-state index in [0.29, 0.717) is 5.92 Å². The van der Waals surface area contributed by atoms with Gasteiger partial charge in [-0.25, -0.2) is 4.98 Å². The molecule has 3 aromatic rings. The second kappa shape index (κ2) is 10.5. The summed E-state index contributed by atoms with van der Waals surface area (Å²) in [5.74, 6) is 0.542. The highest BCUT2D eigenvalue weighted by Gasteiger charge is 2.34. The molecule has 2 N–H and O–H groups in total. The van der Waals surface area contributed by atoms with Gasteiger partial charge in [0.1, 0.15) is 0 Å². The number of hydrogen-bond donors (Lipinski definition) is 2. The third-order valence-electron chi connectivity index (χ3n) is 7.92. The van der Waals surface area contributed by atoms with Gasteiger partial charge in [-0.3, -0.25) is 9.69 Å². The number of aromatic nitrogens is 1. The molecule has 0 unspecified atom stereocenters. The van der Waals surface area contributed by atoms with Gasteiger partial charge in [-0.05, 0) is 38.7 Å². The van der Waals surface area contributed by atoms with Crippen LogP contribution in [0.1, 0.15) is 61.9 Å². The van der Waals surface area contributed by atoms with Crippen molar-refractivity contribution in [3.63, 3.8) is 0 Å². The maximum atomic E-state index is 14.2. The minimum absolute atomic E-state index is 0.0292. The van der Waals surface area contributed by atoms with E-state index in [9.17, 15) is 4.79 Å². The zero-order valence-electron chi connectivity index (χ0n) is 21.1. The van der Waals surface area contributed by atoms with Gasteiger partial charge in [0.15, 0.2) is 0 Å². The Hall–Kier alpha value is -2.76. The fraction of sp³-hybridized carbons (Fsp3) is 0.467. The fourth-order valence-electron chi connectivity index (χ4n) is 5.87. The van der Waals surface area contributed by atoms with Gasteiger partial charge in [0.2, 0.25) is 0 Å². The number of pyridine rings is 1. The van der Waals surface area contributed by atoms with E-state index >= 15 is 0 Å². The average Bonchev–Trinajstić information content (AvgIpc) is 2.89. The van der Waals surface area contributed by atoms with E-state index in [1.165, 1.54) is 32.1 Å². The molecular formula is C30H38N4O. The molecule has 1 saturated carbocycles. The number of carbonyl (C=O) groups is 1. The molecule has 0 spiro atoms. The first kappa shape index (κ1) is 24.0. The van der Waals surface area contributed by atoms with Crippen LogP contribution in [0.5, 0.6) is 0 Å². The van der Waals surface area contributed by atoms with Crippen molar-refractivity contribution in [3.8, 4) is 11.3 Å². The van der Waals surface area contributed by atoms with Gasteiger partial charge >= 0.3 is 0 Å². The molecule has 1 aromatic heterocycles. The number of hydrogen-bond acceptors (Lipinski definition) is 4. The van der Waals surface area contributed by atoms with Crippen LogP contribution in [0.25, 0.3) is 22.2 Å². The number of piperazine rings is 1. The standard InChI is InChI=1S/C30H38N4O/c1-30(2,23-13-7-4-8-14-23)33-29(35)27-24-15-9-10-16-26(24)32-28(22-11-5-3-6-12-22)25(27)21-34-19-17-31-18-20-34/h3,5-6,9-12,15-16,23,31H,4,7-8,13-14,17-21H2,1-2H3,(H,33,35). The van der Waals surface area contributed by atoms with E-state index in [0.717, 1.165) is 66.0 Å². The van der Waals surface area contributed by atoms with Crippen molar-refractivity contribution in [1.29, 1.82) is 0 Å². The summed E-state index contributed by atoms with van der Waals surface area (Å²) in [4.78, 5) is 21.8. The molecule has 2 fully saturated rings. The van der Waals surface area contributed by atoms with E-state index in [1.54, 1.807) is 0 Å². The van der Waals surface area contributed by atoms with Crippen LogP contribution >= 0.6 is 0 Å². The maximum absolute atomic E-state index is 14.2. The van der Waals surface area contributed by atoms with Crippen LogP contribution in [0, 0.1) is 5.92 Å². The maximum Gasteiger partial charge on any atom is 0.252 e. The minimum atomic E-state index is -0.249. The molecule has 35 heavy (non-hydrogen) atoms. The molecule has 1 aliphatic carbocycles. The number of amides is 1. The van der Waals surface area contributed by atoms with Crippen molar-refractivity contribution in [2.45, 2.75) is 58.0 Å². The molecule has 0 radical (unpaired) electrons. The van der Waals surface area contributed by atoms with E-state index in [2.05, 4.69) is 47.6 Å². The topological polar surface area (TPSA) is 57.3 Å². The zero-order chi connectivity index (χ0) is 24.3. The van der Waals surface area contributed by atoms with E-state index < -0.39 is 0 Å². The van der Waals surface area contributed by atoms with Crippen molar-refractivity contribution >= 4 is 16.8 Å². The van der Waals surface area contributed by atoms with E-state index in [1.807, 2.05) is 36.4 Å². The lowest BCUT2D eigenvalue weighted by Gasteiger charge is -2.38. The molecule has 184 valence electrons. The molecule has 0 atom stereocenters. The van der Waals surface area contributed by atoms with Crippen LogP contribution in [-0.4, -0.2) is 47.5 Å². The molecule has 1 aliphatic heterocycles. The summed E-state index contributed by atoms with van der Waals surface area (Å²) in [6.07, 6.45) is 6.20. The molecular weight excluding hydrogens is 432 g/mol.